The van der Waals surface area contributed by atoms with E-state index < -0.39 is 0 Å². The van der Waals surface area contributed by atoms with Gasteiger partial charge in [0.2, 0.25) is 0 Å². The summed E-state index contributed by atoms with van der Waals surface area (Å²) in [4.78, 5) is 2.40. The fourth-order valence-electron chi connectivity index (χ4n) is 4.23. The van der Waals surface area contributed by atoms with Crippen LogP contribution in [0.3, 0.4) is 0 Å². The number of β-amino-alcohol motifs (C(OH)–C–C–N with tert-alkyl or cyclic N) is 1. The quantitative estimate of drug-likeness (QED) is 0.801. The van der Waals surface area contributed by atoms with Crippen LogP contribution in [0.4, 0.5) is 0 Å². The van der Waals surface area contributed by atoms with E-state index in [1.165, 1.54) is 62.5 Å². The highest BCUT2D eigenvalue weighted by atomic mass is 16.3. The Morgan fingerprint density at radius 1 is 0.958 bits per heavy atom. The van der Waals surface area contributed by atoms with Gasteiger partial charge in [-0.15, -0.1) is 0 Å². The zero-order valence-electron chi connectivity index (χ0n) is 15.1. The zero-order valence-corrected chi connectivity index (χ0v) is 15.1. The fourth-order valence-corrected chi connectivity index (χ4v) is 4.23. The SMILES string of the molecule is OC(CNCc1ccc(C2CCCCC2)cc1)CN1CCCCC1. The predicted octanol–water partition coefficient (Wildman–Crippen LogP) is 3.67. The van der Waals surface area contributed by atoms with Crippen molar-refractivity contribution in [1.82, 2.24) is 10.2 Å². The molecule has 0 aromatic heterocycles. The number of nitrogens with zero attached hydrogens (tertiary/aromatic N) is 1. The highest BCUT2D eigenvalue weighted by Crippen LogP contribution is 2.32. The monoisotopic (exact) mass is 330 g/mol. The molecule has 3 heteroatoms. The summed E-state index contributed by atoms with van der Waals surface area (Å²) in [5.74, 6) is 0.784. The largest absolute Gasteiger partial charge is 0.390 e. The molecule has 1 aromatic rings. The van der Waals surface area contributed by atoms with Crippen molar-refractivity contribution >= 4 is 0 Å². The molecule has 2 fully saturated rings. The topological polar surface area (TPSA) is 35.5 Å². The molecule has 1 aliphatic heterocycles. The normalized spacial score (nSPS) is 21.7. The standard InChI is InChI=1S/C21H34N2O/c24-21(17-23-13-5-2-6-14-23)16-22-15-18-9-11-20(12-10-18)19-7-3-1-4-8-19/h9-12,19,21-22,24H,1-8,13-17H2. The number of piperidine rings is 1. The van der Waals surface area contributed by atoms with Gasteiger partial charge in [0.1, 0.15) is 0 Å². The summed E-state index contributed by atoms with van der Waals surface area (Å²) in [6.07, 6.45) is 10.6. The van der Waals surface area contributed by atoms with Crippen LogP contribution in [0.5, 0.6) is 0 Å². The van der Waals surface area contributed by atoms with Crippen LogP contribution < -0.4 is 5.32 Å². The van der Waals surface area contributed by atoms with Crippen molar-refractivity contribution in [3.63, 3.8) is 0 Å². The van der Waals surface area contributed by atoms with E-state index in [0.717, 1.165) is 32.1 Å². The van der Waals surface area contributed by atoms with Crippen molar-refractivity contribution in [1.29, 1.82) is 0 Å². The molecule has 0 radical (unpaired) electrons. The molecule has 1 unspecified atom stereocenters. The lowest BCUT2D eigenvalue weighted by molar-refractivity contribution is 0.1000. The average Bonchev–Trinajstić information content (AvgIpc) is 2.64. The highest BCUT2D eigenvalue weighted by Gasteiger charge is 2.16. The molecule has 1 saturated carbocycles. The Kier molecular flexibility index (Phi) is 7.13. The first kappa shape index (κ1) is 17.9. The van der Waals surface area contributed by atoms with Gasteiger partial charge in [0.05, 0.1) is 6.10 Å². The molecule has 0 amide bonds. The van der Waals surface area contributed by atoms with Crippen molar-refractivity contribution in [3.8, 4) is 0 Å². The lowest BCUT2D eigenvalue weighted by Gasteiger charge is -2.28. The first-order chi connectivity index (χ1) is 11.8. The summed E-state index contributed by atoms with van der Waals surface area (Å²) < 4.78 is 0. The Morgan fingerprint density at radius 2 is 1.62 bits per heavy atom. The van der Waals surface area contributed by atoms with Gasteiger partial charge in [-0.2, -0.15) is 0 Å². The fraction of sp³-hybridized carbons (Fsp3) is 0.714. The van der Waals surface area contributed by atoms with Gasteiger partial charge in [0.25, 0.3) is 0 Å². The minimum atomic E-state index is -0.260. The molecular formula is C21H34N2O. The molecule has 24 heavy (non-hydrogen) atoms. The second kappa shape index (κ2) is 9.55. The van der Waals surface area contributed by atoms with Crippen LogP contribution in [0.25, 0.3) is 0 Å². The number of aliphatic hydroxyl groups is 1. The van der Waals surface area contributed by atoms with E-state index in [0.29, 0.717) is 6.54 Å². The van der Waals surface area contributed by atoms with Crippen molar-refractivity contribution in [2.24, 2.45) is 0 Å². The van der Waals surface area contributed by atoms with E-state index in [2.05, 4.69) is 34.5 Å². The Hall–Kier alpha value is -0.900. The Balaban J connectivity index is 1.36. The van der Waals surface area contributed by atoms with Crippen molar-refractivity contribution in [2.75, 3.05) is 26.2 Å². The molecule has 3 rings (SSSR count). The minimum absolute atomic E-state index is 0.260. The molecule has 1 atom stereocenters. The highest BCUT2D eigenvalue weighted by molar-refractivity contribution is 5.25. The van der Waals surface area contributed by atoms with E-state index in [1.54, 1.807) is 0 Å². The summed E-state index contributed by atoms with van der Waals surface area (Å²) in [6, 6.07) is 9.15. The van der Waals surface area contributed by atoms with Crippen LogP contribution in [-0.4, -0.2) is 42.3 Å². The molecule has 1 aromatic carbocycles. The maximum atomic E-state index is 10.2. The second-order valence-electron chi connectivity index (χ2n) is 7.72. The van der Waals surface area contributed by atoms with Gasteiger partial charge in [0, 0.05) is 19.6 Å². The average molecular weight is 331 g/mol. The van der Waals surface area contributed by atoms with Crippen molar-refractivity contribution in [3.05, 3.63) is 35.4 Å². The molecule has 1 aliphatic carbocycles. The Bertz CT molecular complexity index is 461. The maximum Gasteiger partial charge on any atom is 0.0791 e. The molecule has 0 spiro atoms. The third kappa shape index (κ3) is 5.58. The summed E-state index contributed by atoms with van der Waals surface area (Å²) in [5.41, 5.74) is 2.84. The smallest absolute Gasteiger partial charge is 0.0791 e. The Labute approximate surface area is 147 Å². The molecule has 1 saturated heterocycles. The summed E-state index contributed by atoms with van der Waals surface area (Å²) >= 11 is 0. The third-order valence-electron chi connectivity index (χ3n) is 5.68. The van der Waals surface area contributed by atoms with E-state index in [1.807, 2.05) is 0 Å². The van der Waals surface area contributed by atoms with Gasteiger partial charge in [0.15, 0.2) is 0 Å². The van der Waals surface area contributed by atoms with Gasteiger partial charge in [-0.3, -0.25) is 0 Å². The van der Waals surface area contributed by atoms with Crippen LogP contribution in [0.2, 0.25) is 0 Å². The predicted molar refractivity (Wildman–Crippen MR) is 100 cm³/mol. The third-order valence-corrected chi connectivity index (χ3v) is 5.68. The van der Waals surface area contributed by atoms with Gasteiger partial charge in [-0.1, -0.05) is 49.9 Å². The van der Waals surface area contributed by atoms with Crippen molar-refractivity contribution in [2.45, 2.75) is 69.9 Å². The van der Waals surface area contributed by atoms with Crippen LogP contribution in [0.15, 0.2) is 24.3 Å². The van der Waals surface area contributed by atoms with Gasteiger partial charge in [-0.05, 0) is 55.8 Å². The van der Waals surface area contributed by atoms with Crippen molar-refractivity contribution < 1.29 is 5.11 Å². The first-order valence-electron chi connectivity index (χ1n) is 10.0. The van der Waals surface area contributed by atoms with Gasteiger partial charge in [-0.25, -0.2) is 0 Å². The molecule has 2 N–H and O–H groups in total. The van der Waals surface area contributed by atoms with Crippen LogP contribution in [0.1, 0.15) is 68.4 Å². The van der Waals surface area contributed by atoms with E-state index in [9.17, 15) is 5.11 Å². The number of likely N-dealkylation sites (tertiary alicyclic amines) is 1. The zero-order chi connectivity index (χ0) is 16.6. The molecule has 3 nitrogen and oxygen atoms in total. The molecule has 134 valence electrons. The van der Waals surface area contributed by atoms with Crippen LogP contribution >= 0.6 is 0 Å². The lowest BCUT2D eigenvalue weighted by atomic mass is 9.84. The minimum Gasteiger partial charge on any atom is -0.390 e. The first-order valence-corrected chi connectivity index (χ1v) is 10.0. The number of hydrogen-bond donors (Lipinski definition) is 2. The van der Waals surface area contributed by atoms with E-state index in [-0.39, 0.29) is 6.10 Å². The lowest BCUT2D eigenvalue weighted by Crippen LogP contribution is -2.40. The summed E-state index contributed by atoms with van der Waals surface area (Å²) in [5, 5.41) is 13.6. The van der Waals surface area contributed by atoms with Crippen LogP contribution in [-0.2, 0) is 6.54 Å². The van der Waals surface area contributed by atoms with Gasteiger partial charge >= 0.3 is 0 Å². The number of rotatable bonds is 7. The number of benzene rings is 1. The van der Waals surface area contributed by atoms with Gasteiger partial charge < -0.3 is 15.3 Å². The Morgan fingerprint density at radius 3 is 2.33 bits per heavy atom. The molecule has 0 bridgehead atoms. The molecule has 2 aliphatic rings. The molecule has 1 heterocycles. The number of hydrogen-bond acceptors (Lipinski definition) is 3. The second-order valence-corrected chi connectivity index (χ2v) is 7.72. The summed E-state index contributed by atoms with van der Waals surface area (Å²) in [6.45, 7) is 4.65. The maximum absolute atomic E-state index is 10.2. The number of aliphatic hydroxyl groups excluding tert-OH is 1. The van der Waals surface area contributed by atoms with E-state index >= 15 is 0 Å². The number of nitrogens with one attached hydrogen (secondary N) is 1. The van der Waals surface area contributed by atoms with E-state index in [4.69, 9.17) is 0 Å². The van der Waals surface area contributed by atoms with Crippen LogP contribution in [0, 0.1) is 0 Å². The summed E-state index contributed by atoms with van der Waals surface area (Å²) in [7, 11) is 0. The molecular weight excluding hydrogens is 296 g/mol.